The lowest BCUT2D eigenvalue weighted by Crippen LogP contribution is -2.39. The number of aryl methyl sites for hydroxylation is 1. The Morgan fingerprint density at radius 1 is 1.25 bits per heavy atom. The normalized spacial score (nSPS) is 11.4. The Kier molecular flexibility index (Phi) is 7.59. The molecule has 2 aromatic carbocycles. The van der Waals surface area contributed by atoms with Crippen LogP contribution in [0.3, 0.4) is 0 Å². The molecule has 0 unspecified atom stereocenters. The lowest BCUT2D eigenvalue weighted by atomic mass is 10.1. The summed E-state index contributed by atoms with van der Waals surface area (Å²) in [5, 5.41) is 3.90. The van der Waals surface area contributed by atoms with Crippen LogP contribution < -0.4 is 14.5 Å². The van der Waals surface area contributed by atoms with E-state index in [1.165, 1.54) is 13.3 Å². The first kappa shape index (κ1) is 21.9. The first-order valence-corrected chi connectivity index (χ1v) is 11.1. The Labute approximate surface area is 173 Å². The van der Waals surface area contributed by atoms with Gasteiger partial charge >= 0.3 is 0 Å². The number of nitrogens with one attached hydrogen (secondary N) is 1. The molecule has 0 saturated carbocycles. The predicted octanol–water partition coefficient (Wildman–Crippen LogP) is 2.94. The first-order valence-electron chi connectivity index (χ1n) is 8.46. The standard InChI is InChI=1S/C19H22BrN3O4S/c1-4-14-5-8-17(9-6-14)23(28(3,25)26)13-19(24)22-21-12-15-11-16(20)7-10-18(15)27-2/h5-12H,4,13H2,1-3H3,(H,22,24)/b21-12-. The SMILES string of the molecule is CCc1ccc(N(CC(=O)N/N=C\c2cc(Br)ccc2OC)S(C)(=O)=O)cc1. The number of amides is 1. The minimum absolute atomic E-state index is 0.378. The van der Waals surface area contributed by atoms with Crippen LogP contribution in [0, 0.1) is 0 Å². The van der Waals surface area contributed by atoms with Gasteiger partial charge in [0.15, 0.2) is 0 Å². The maximum Gasteiger partial charge on any atom is 0.260 e. The van der Waals surface area contributed by atoms with Gasteiger partial charge in [0, 0.05) is 10.0 Å². The summed E-state index contributed by atoms with van der Waals surface area (Å²) in [6.07, 6.45) is 3.33. The van der Waals surface area contributed by atoms with Crippen LogP contribution in [0.15, 0.2) is 52.0 Å². The molecule has 1 N–H and O–H groups in total. The monoisotopic (exact) mass is 467 g/mol. The Morgan fingerprint density at radius 2 is 1.93 bits per heavy atom. The highest BCUT2D eigenvalue weighted by Crippen LogP contribution is 2.21. The zero-order chi connectivity index (χ0) is 20.7. The molecule has 0 radical (unpaired) electrons. The average molecular weight is 468 g/mol. The van der Waals surface area contributed by atoms with E-state index in [0.29, 0.717) is 17.0 Å². The number of methoxy groups -OCH3 is 1. The highest BCUT2D eigenvalue weighted by Gasteiger charge is 2.20. The number of halogens is 1. The number of hydrazone groups is 1. The molecule has 28 heavy (non-hydrogen) atoms. The maximum absolute atomic E-state index is 12.2. The second-order valence-electron chi connectivity index (χ2n) is 5.97. The van der Waals surface area contributed by atoms with E-state index in [-0.39, 0.29) is 6.54 Å². The van der Waals surface area contributed by atoms with Crippen molar-refractivity contribution in [3.05, 3.63) is 58.1 Å². The van der Waals surface area contributed by atoms with E-state index in [1.807, 2.05) is 25.1 Å². The highest BCUT2D eigenvalue weighted by atomic mass is 79.9. The summed E-state index contributed by atoms with van der Waals surface area (Å²) in [5.41, 5.74) is 4.51. The molecule has 0 bridgehead atoms. The van der Waals surface area contributed by atoms with Gasteiger partial charge in [0.1, 0.15) is 12.3 Å². The average Bonchev–Trinajstić information content (AvgIpc) is 2.65. The topological polar surface area (TPSA) is 88.1 Å². The first-order chi connectivity index (χ1) is 13.2. The molecule has 0 aliphatic rings. The van der Waals surface area contributed by atoms with Crippen LogP contribution in [0.5, 0.6) is 5.75 Å². The second-order valence-corrected chi connectivity index (χ2v) is 8.79. The summed E-state index contributed by atoms with van der Waals surface area (Å²) in [6.45, 7) is 1.63. The van der Waals surface area contributed by atoms with Gasteiger partial charge in [-0.2, -0.15) is 5.10 Å². The van der Waals surface area contributed by atoms with E-state index in [9.17, 15) is 13.2 Å². The molecule has 0 heterocycles. The number of anilines is 1. The summed E-state index contributed by atoms with van der Waals surface area (Å²) >= 11 is 3.36. The highest BCUT2D eigenvalue weighted by molar-refractivity contribution is 9.10. The Bertz CT molecular complexity index is 960. The number of hydrogen-bond acceptors (Lipinski definition) is 5. The molecule has 0 aliphatic carbocycles. The summed E-state index contributed by atoms with van der Waals surface area (Å²) in [5.74, 6) is 0.0326. The molecule has 0 atom stereocenters. The molecule has 2 aromatic rings. The molecule has 7 nitrogen and oxygen atoms in total. The Balaban J connectivity index is 2.11. The summed E-state index contributed by atoms with van der Waals surface area (Å²) in [4.78, 5) is 12.2. The van der Waals surface area contributed by atoms with Crippen molar-refractivity contribution in [1.29, 1.82) is 0 Å². The molecule has 9 heteroatoms. The zero-order valence-corrected chi connectivity index (χ0v) is 18.2. The fraction of sp³-hybridized carbons (Fsp3) is 0.263. The molecular weight excluding hydrogens is 446 g/mol. The van der Waals surface area contributed by atoms with Crippen molar-refractivity contribution < 1.29 is 17.9 Å². The lowest BCUT2D eigenvalue weighted by Gasteiger charge is -2.21. The minimum atomic E-state index is -3.63. The molecule has 0 aliphatic heterocycles. The smallest absolute Gasteiger partial charge is 0.260 e. The quantitative estimate of drug-likeness (QED) is 0.477. The third kappa shape index (κ3) is 6.07. The lowest BCUT2D eigenvalue weighted by molar-refractivity contribution is -0.119. The van der Waals surface area contributed by atoms with Gasteiger partial charge in [-0.05, 0) is 42.3 Å². The molecule has 0 fully saturated rings. The number of nitrogens with zero attached hydrogens (tertiary/aromatic N) is 2. The van der Waals surface area contributed by atoms with Crippen LogP contribution in [0.25, 0.3) is 0 Å². The van der Waals surface area contributed by atoms with E-state index in [0.717, 1.165) is 27.0 Å². The molecule has 150 valence electrons. The van der Waals surface area contributed by atoms with Crippen molar-refractivity contribution in [2.24, 2.45) is 5.10 Å². The van der Waals surface area contributed by atoms with E-state index in [4.69, 9.17) is 4.74 Å². The molecule has 1 amide bonds. The molecular formula is C19H22BrN3O4S. The summed E-state index contributed by atoms with van der Waals surface area (Å²) in [6, 6.07) is 12.4. The minimum Gasteiger partial charge on any atom is -0.496 e. The van der Waals surface area contributed by atoms with Gasteiger partial charge < -0.3 is 4.74 Å². The fourth-order valence-electron chi connectivity index (χ4n) is 2.44. The summed E-state index contributed by atoms with van der Waals surface area (Å²) < 4.78 is 31.4. The van der Waals surface area contributed by atoms with Crippen molar-refractivity contribution >= 4 is 43.8 Å². The van der Waals surface area contributed by atoms with Crippen molar-refractivity contribution in [2.75, 3.05) is 24.2 Å². The third-order valence-electron chi connectivity index (χ3n) is 3.90. The van der Waals surface area contributed by atoms with E-state index >= 15 is 0 Å². The van der Waals surface area contributed by atoms with Crippen LogP contribution in [-0.2, 0) is 21.2 Å². The van der Waals surface area contributed by atoms with Gasteiger partial charge in [-0.15, -0.1) is 0 Å². The zero-order valence-electron chi connectivity index (χ0n) is 15.8. The fourth-order valence-corrected chi connectivity index (χ4v) is 3.68. The van der Waals surface area contributed by atoms with E-state index < -0.39 is 15.9 Å². The van der Waals surface area contributed by atoms with Crippen molar-refractivity contribution in [1.82, 2.24) is 5.43 Å². The Morgan fingerprint density at radius 3 is 2.50 bits per heavy atom. The van der Waals surface area contributed by atoms with Crippen LogP contribution in [0.1, 0.15) is 18.1 Å². The third-order valence-corrected chi connectivity index (χ3v) is 5.54. The van der Waals surface area contributed by atoms with Gasteiger partial charge in [0.2, 0.25) is 10.0 Å². The Hall–Kier alpha value is -2.39. The largest absolute Gasteiger partial charge is 0.496 e. The van der Waals surface area contributed by atoms with Crippen molar-refractivity contribution in [2.45, 2.75) is 13.3 Å². The van der Waals surface area contributed by atoms with Crippen LogP contribution in [0.4, 0.5) is 5.69 Å². The number of sulfonamides is 1. The molecule has 0 aromatic heterocycles. The molecule has 2 rings (SSSR count). The van der Waals surface area contributed by atoms with Crippen LogP contribution in [0.2, 0.25) is 0 Å². The van der Waals surface area contributed by atoms with Crippen molar-refractivity contribution in [3.63, 3.8) is 0 Å². The number of carbonyl (C=O) groups excluding carboxylic acids is 1. The van der Waals surface area contributed by atoms with E-state index in [2.05, 4.69) is 26.5 Å². The van der Waals surface area contributed by atoms with Crippen LogP contribution in [-0.4, -0.2) is 40.4 Å². The van der Waals surface area contributed by atoms with E-state index in [1.54, 1.807) is 24.3 Å². The molecule has 0 spiro atoms. The molecule has 0 saturated heterocycles. The van der Waals surface area contributed by atoms with Crippen LogP contribution >= 0.6 is 15.9 Å². The van der Waals surface area contributed by atoms with Gasteiger partial charge in [-0.3, -0.25) is 9.10 Å². The number of hydrogen-bond donors (Lipinski definition) is 1. The van der Waals surface area contributed by atoms with Gasteiger partial charge in [0.05, 0.1) is 25.3 Å². The predicted molar refractivity (Wildman–Crippen MR) is 114 cm³/mol. The number of carbonyl (C=O) groups is 1. The number of ether oxygens (including phenoxy) is 1. The summed E-state index contributed by atoms with van der Waals surface area (Å²) in [7, 11) is -2.10. The number of rotatable bonds is 8. The van der Waals surface area contributed by atoms with Gasteiger partial charge in [0.25, 0.3) is 5.91 Å². The number of benzene rings is 2. The second kappa shape index (κ2) is 9.70. The van der Waals surface area contributed by atoms with Gasteiger partial charge in [-0.25, -0.2) is 13.8 Å². The maximum atomic E-state index is 12.2. The van der Waals surface area contributed by atoms with Gasteiger partial charge in [-0.1, -0.05) is 35.0 Å². The van der Waals surface area contributed by atoms with Crippen molar-refractivity contribution in [3.8, 4) is 5.75 Å².